The largest absolute Gasteiger partial charge is 0.381 e. The Bertz CT molecular complexity index is 1260. The van der Waals surface area contributed by atoms with Crippen molar-refractivity contribution in [3.8, 4) is 0 Å². The summed E-state index contributed by atoms with van der Waals surface area (Å²) in [6.07, 6.45) is 0. The van der Waals surface area contributed by atoms with Crippen molar-refractivity contribution in [2.45, 2.75) is 44.6 Å². The second-order valence-electron chi connectivity index (χ2n) is 8.61. The molecule has 172 valence electrons. The molecule has 4 aromatic carbocycles. The fourth-order valence-electron chi connectivity index (χ4n) is 4.58. The van der Waals surface area contributed by atoms with E-state index in [4.69, 9.17) is 0 Å². The molecular weight excluding hydrogens is 470 g/mol. The molecule has 0 aromatic heterocycles. The molecule has 1 aliphatic rings. The molecule has 2 nitrogen and oxygen atoms in total. The zero-order valence-electron chi connectivity index (χ0n) is 18.5. The molecule has 4 aromatic rings. The molecule has 0 heterocycles. The van der Waals surface area contributed by atoms with E-state index in [0.29, 0.717) is 22.3 Å². The van der Waals surface area contributed by atoms with Crippen molar-refractivity contribution in [3.63, 3.8) is 0 Å². The van der Waals surface area contributed by atoms with Gasteiger partial charge in [-0.1, -0.05) is 47.8 Å². The summed E-state index contributed by atoms with van der Waals surface area (Å²) in [6.45, 7) is 3.47. The van der Waals surface area contributed by atoms with Gasteiger partial charge in [0.25, 0.3) is 0 Å². The lowest BCUT2D eigenvalue weighted by Gasteiger charge is -2.43. The van der Waals surface area contributed by atoms with Crippen LogP contribution >= 0.6 is 23.5 Å². The van der Waals surface area contributed by atoms with Crippen molar-refractivity contribution in [1.29, 1.82) is 0 Å². The summed E-state index contributed by atoms with van der Waals surface area (Å²) in [5.74, 6) is -0.628. The van der Waals surface area contributed by atoms with Crippen LogP contribution in [-0.4, -0.2) is 10.2 Å². The first kappa shape index (κ1) is 23.1. The third-order valence-electron chi connectivity index (χ3n) is 6.16. The quantitative estimate of drug-likeness (QED) is 0.319. The molecule has 0 saturated carbocycles. The van der Waals surface area contributed by atoms with Gasteiger partial charge in [-0.15, -0.1) is 0 Å². The van der Waals surface area contributed by atoms with Crippen LogP contribution in [0, 0.1) is 11.6 Å². The highest BCUT2D eigenvalue weighted by atomic mass is 32.2. The van der Waals surface area contributed by atoms with E-state index in [2.05, 4.69) is 0 Å². The molecule has 6 heteroatoms. The predicted molar refractivity (Wildman–Crippen MR) is 131 cm³/mol. The minimum Gasteiger partial charge on any atom is -0.381 e. The van der Waals surface area contributed by atoms with Crippen molar-refractivity contribution >= 4 is 23.5 Å². The Labute approximate surface area is 205 Å². The molecule has 1 aliphatic carbocycles. The van der Waals surface area contributed by atoms with E-state index in [1.807, 2.05) is 36.4 Å². The van der Waals surface area contributed by atoms with Crippen LogP contribution in [0.5, 0.6) is 0 Å². The molecule has 0 saturated heterocycles. The summed E-state index contributed by atoms with van der Waals surface area (Å²) in [7, 11) is 0. The van der Waals surface area contributed by atoms with Gasteiger partial charge >= 0.3 is 0 Å². The Balaban J connectivity index is 1.67. The van der Waals surface area contributed by atoms with Gasteiger partial charge in [-0.05, 0) is 85.6 Å². The van der Waals surface area contributed by atoms with Crippen molar-refractivity contribution in [3.05, 3.63) is 119 Å². The lowest BCUT2D eigenvalue weighted by atomic mass is 9.69. The molecule has 0 aliphatic heterocycles. The summed E-state index contributed by atoms with van der Waals surface area (Å²) in [5.41, 5.74) is -0.267. The first-order valence-electron chi connectivity index (χ1n) is 10.8. The molecule has 0 unspecified atom stereocenters. The molecule has 0 radical (unpaired) electrons. The van der Waals surface area contributed by atoms with Crippen molar-refractivity contribution < 1.29 is 19.0 Å². The Morgan fingerprint density at radius 2 is 0.941 bits per heavy atom. The van der Waals surface area contributed by atoms with E-state index in [-0.39, 0.29) is 11.6 Å². The summed E-state index contributed by atoms with van der Waals surface area (Å²) in [6, 6.07) is 23.6. The Hall–Kier alpha value is -2.64. The maximum absolute atomic E-state index is 13.4. The van der Waals surface area contributed by atoms with E-state index >= 15 is 0 Å². The van der Waals surface area contributed by atoms with Crippen molar-refractivity contribution in [1.82, 2.24) is 0 Å². The average molecular weight is 493 g/mol. The van der Waals surface area contributed by atoms with Crippen LogP contribution in [-0.2, 0) is 11.2 Å². The number of fused-ring (bicyclic) bond motifs is 2. The van der Waals surface area contributed by atoms with E-state index in [9.17, 15) is 19.0 Å². The minimum atomic E-state index is -1.42. The second-order valence-corrected chi connectivity index (χ2v) is 10.8. The number of halogens is 2. The van der Waals surface area contributed by atoms with Gasteiger partial charge in [0.2, 0.25) is 0 Å². The van der Waals surface area contributed by atoms with Gasteiger partial charge in [0, 0.05) is 30.7 Å². The van der Waals surface area contributed by atoms with Crippen LogP contribution in [0.15, 0.2) is 105 Å². The molecule has 34 heavy (non-hydrogen) atoms. The van der Waals surface area contributed by atoms with Crippen LogP contribution in [0.25, 0.3) is 0 Å². The molecular formula is C28H22F2O2S2. The van der Waals surface area contributed by atoms with Gasteiger partial charge in [0.15, 0.2) is 0 Å². The SMILES string of the molecule is CC1(O)c2cccc(Sc3ccc(F)cc3)c2C(C)(O)c2c(Sc3ccc(F)cc3)cccc21. The van der Waals surface area contributed by atoms with E-state index in [1.165, 1.54) is 47.8 Å². The highest BCUT2D eigenvalue weighted by Gasteiger charge is 2.47. The molecule has 0 atom stereocenters. The van der Waals surface area contributed by atoms with Crippen LogP contribution in [0.1, 0.15) is 36.1 Å². The highest BCUT2D eigenvalue weighted by Crippen LogP contribution is 2.54. The second kappa shape index (κ2) is 8.54. The van der Waals surface area contributed by atoms with Crippen molar-refractivity contribution in [2.24, 2.45) is 0 Å². The number of aliphatic hydroxyl groups is 2. The Morgan fingerprint density at radius 1 is 0.559 bits per heavy atom. The number of benzene rings is 4. The van der Waals surface area contributed by atoms with Crippen molar-refractivity contribution in [2.75, 3.05) is 0 Å². The zero-order valence-corrected chi connectivity index (χ0v) is 20.2. The summed E-state index contributed by atoms with van der Waals surface area (Å²) in [4.78, 5) is 3.21. The zero-order chi connectivity index (χ0) is 24.1. The standard InChI is InChI=1S/C28H22F2O2S2/c1-27(31)21-5-3-7-23(33-19-13-9-17(29)10-14-19)25(21)28(2,32)26-22(27)6-4-8-24(26)34-20-15-11-18(30)12-16-20/h3-16,31-32H,1-2H3. The fraction of sp³-hybridized carbons (Fsp3) is 0.143. The fourth-order valence-corrected chi connectivity index (χ4v) is 6.74. The number of rotatable bonds is 4. The lowest BCUT2D eigenvalue weighted by Crippen LogP contribution is -2.40. The third kappa shape index (κ3) is 3.95. The molecule has 0 spiro atoms. The first-order valence-corrected chi connectivity index (χ1v) is 12.4. The first-order chi connectivity index (χ1) is 16.2. The van der Waals surface area contributed by atoms with Gasteiger partial charge in [0.1, 0.15) is 22.8 Å². The van der Waals surface area contributed by atoms with E-state index in [0.717, 1.165) is 19.6 Å². The topological polar surface area (TPSA) is 40.5 Å². The van der Waals surface area contributed by atoms with E-state index in [1.54, 1.807) is 38.1 Å². The summed E-state index contributed by atoms with van der Waals surface area (Å²) < 4.78 is 26.9. The predicted octanol–water partition coefficient (Wildman–Crippen LogP) is 7.09. The van der Waals surface area contributed by atoms with Crippen LogP contribution < -0.4 is 0 Å². The third-order valence-corrected chi connectivity index (χ3v) is 8.29. The number of hydrogen-bond donors (Lipinski definition) is 2. The van der Waals surface area contributed by atoms with E-state index < -0.39 is 11.2 Å². The maximum Gasteiger partial charge on any atom is 0.123 e. The van der Waals surface area contributed by atoms with Gasteiger partial charge in [-0.25, -0.2) is 8.78 Å². The summed E-state index contributed by atoms with van der Waals surface area (Å²) in [5, 5.41) is 23.8. The van der Waals surface area contributed by atoms with Gasteiger partial charge in [0.05, 0.1) is 0 Å². The van der Waals surface area contributed by atoms with Crippen LogP contribution in [0.2, 0.25) is 0 Å². The minimum absolute atomic E-state index is 0.314. The smallest absolute Gasteiger partial charge is 0.123 e. The Morgan fingerprint density at radius 3 is 1.32 bits per heavy atom. The van der Waals surface area contributed by atoms with Crippen LogP contribution in [0.4, 0.5) is 8.78 Å². The molecule has 5 rings (SSSR count). The number of hydrogen-bond acceptors (Lipinski definition) is 4. The van der Waals surface area contributed by atoms with Crippen LogP contribution in [0.3, 0.4) is 0 Å². The summed E-state index contributed by atoms with van der Waals surface area (Å²) >= 11 is 2.83. The van der Waals surface area contributed by atoms with Gasteiger partial charge in [-0.3, -0.25) is 0 Å². The molecule has 0 fully saturated rings. The normalized spacial score (nSPS) is 21.1. The van der Waals surface area contributed by atoms with Gasteiger partial charge in [-0.2, -0.15) is 0 Å². The molecule has 2 N–H and O–H groups in total. The molecule has 0 bridgehead atoms. The molecule has 0 amide bonds. The lowest BCUT2D eigenvalue weighted by molar-refractivity contribution is 0.0465. The Kier molecular flexibility index (Phi) is 5.81. The van der Waals surface area contributed by atoms with Gasteiger partial charge < -0.3 is 10.2 Å². The highest BCUT2D eigenvalue weighted by molar-refractivity contribution is 7.99. The average Bonchev–Trinajstić information content (AvgIpc) is 2.81. The monoisotopic (exact) mass is 492 g/mol. The maximum atomic E-state index is 13.4.